The Balaban J connectivity index is 1.55. The van der Waals surface area contributed by atoms with E-state index in [2.05, 4.69) is 15.6 Å². The summed E-state index contributed by atoms with van der Waals surface area (Å²) in [6, 6.07) is 7.22. The molecule has 2 amide bonds. The van der Waals surface area contributed by atoms with Gasteiger partial charge in [0.25, 0.3) is 0 Å². The minimum Gasteiger partial charge on any atom is -0.390 e. The highest BCUT2D eigenvalue weighted by atomic mass is 32.1. The Morgan fingerprint density at radius 2 is 2.26 bits per heavy atom. The molecule has 1 unspecified atom stereocenters. The molecule has 0 bridgehead atoms. The molecule has 23 heavy (non-hydrogen) atoms. The lowest BCUT2D eigenvalue weighted by Gasteiger charge is -2.19. The van der Waals surface area contributed by atoms with Gasteiger partial charge in [0.15, 0.2) is 0 Å². The highest BCUT2D eigenvalue weighted by molar-refractivity contribution is 7.09. The second-order valence-corrected chi connectivity index (χ2v) is 6.92. The van der Waals surface area contributed by atoms with Crippen molar-refractivity contribution < 1.29 is 9.90 Å². The topological polar surface area (TPSA) is 74.2 Å². The maximum Gasteiger partial charge on any atom is 0.315 e. The number of hydrogen-bond donors (Lipinski definition) is 3. The van der Waals surface area contributed by atoms with E-state index in [0.717, 1.165) is 21.8 Å². The second kappa shape index (κ2) is 6.68. The highest BCUT2D eigenvalue weighted by Crippen LogP contribution is 2.31. The number of nitrogens with zero attached hydrogens (tertiary/aromatic N) is 1. The standard InChI is InChI=1S/C17H21N3O2S/c1-10(16-19-11(2)9-23-16)8-18-17(22)20-15-13-6-4-3-5-12(13)7-14(15)21/h3-6,9-10,14-15,21H,7-8H2,1-2H3,(H2,18,20,22)/t10?,14-,15+/m0/s1. The molecular weight excluding hydrogens is 310 g/mol. The Bertz CT molecular complexity index is 701. The van der Waals surface area contributed by atoms with Gasteiger partial charge in [-0.25, -0.2) is 9.78 Å². The van der Waals surface area contributed by atoms with Gasteiger partial charge < -0.3 is 15.7 Å². The maximum absolute atomic E-state index is 12.1. The van der Waals surface area contributed by atoms with Crippen molar-refractivity contribution in [1.82, 2.24) is 15.6 Å². The van der Waals surface area contributed by atoms with Crippen LogP contribution in [0.25, 0.3) is 0 Å². The fourth-order valence-corrected chi connectivity index (χ4v) is 3.73. The Kier molecular flexibility index (Phi) is 4.63. The number of carbonyl (C=O) groups is 1. The Morgan fingerprint density at radius 3 is 3.00 bits per heavy atom. The van der Waals surface area contributed by atoms with Crippen LogP contribution in [-0.2, 0) is 6.42 Å². The fraction of sp³-hybridized carbons (Fsp3) is 0.412. The molecule has 0 saturated heterocycles. The minimum atomic E-state index is -0.572. The van der Waals surface area contributed by atoms with Crippen LogP contribution in [0.15, 0.2) is 29.6 Å². The minimum absolute atomic E-state index is 0.167. The van der Waals surface area contributed by atoms with Crippen LogP contribution in [0.3, 0.4) is 0 Å². The number of benzene rings is 1. The first kappa shape index (κ1) is 16.0. The first-order valence-electron chi connectivity index (χ1n) is 7.77. The van der Waals surface area contributed by atoms with E-state index in [1.165, 1.54) is 0 Å². The van der Waals surface area contributed by atoms with Gasteiger partial charge in [0.1, 0.15) is 0 Å². The van der Waals surface area contributed by atoms with Crippen molar-refractivity contribution >= 4 is 17.4 Å². The van der Waals surface area contributed by atoms with Crippen LogP contribution in [0.5, 0.6) is 0 Å². The van der Waals surface area contributed by atoms with Crippen LogP contribution in [0.1, 0.15) is 40.7 Å². The molecule has 5 nitrogen and oxygen atoms in total. The van der Waals surface area contributed by atoms with Crippen molar-refractivity contribution in [2.24, 2.45) is 0 Å². The molecule has 3 rings (SSSR count). The summed E-state index contributed by atoms with van der Waals surface area (Å²) in [5.41, 5.74) is 3.10. The zero-order valence-electron chi connectivity index (χ0n) is 13.2. The van der Waals surface area contributed by atoms with Crippen molar-refractivity contribution in [2.45, 2.75) is 38.3 Å². The lowest BCUT2D eigenvalue weighted by atomic mass is 10.1. The van der Waals surface area contributed by atoms with Crippen molar-refractivity contribution in [1.29, 1.82) is 0 Å². The van der Waals surface area contributed by atoms with E-state index in [-0.39, 0.29) is 18.0 Å². The van der Waals surface area contributed by atoms with Gasteiger partial charge in [0.2, 0.25) is 0 Å². The van der Waals surface area contributed by atoms with E-state index >= 15 is 0 Å². The van der Waals surface area contributed by atoms with Gasteiger partial charge in [-0.2, -0.15) is 0 Å². The van der Waals surface area contributed by atoms with Gasteiger partial charge in [0.05, 0.1) is 17.2 Å². The number of aryl methyl sites for hydroxylation is 1. The van der Waals surface area contributed by atoms with Gasteiger partial charge in [0, 0.05) is 30.0 Å². The molecule has 0 spiro atoms. The summed E-state index contributed by atoms with van der Waals surface area (Å²) in [5.74, 6) is 0.167. The first-order chi connectivity index (χ1) is 11.0. The van der Waals surface area contributed by atoms with E-state index in [9.17, 15) is 9.90 Å². The predicted molar refractivity (Wildman–Crippen MR) is 90.7 cm³/mol. The van der Waals surface area contributed by atoms with Crippen LogP contribution < -0.4 is 10.6 Å². The number of rotatable bonds is 4. The summed E-state index contributed by atoms with van der Waals surface area (Å²) in [7, 11) is 0. The average Bonchev–Trinajstić information content (AvgIpc) is 3.09. The molecule has 3 N–H and O–H groups in total. The molecule has 0 saturated carbocycles. The summed E-state index contributed by atoms with van der Waals surface area (Å²) in [6.45, 7) is 4.52. The molecule has 0 radical (unpaired) electrons. The molecule has 2 aromatic rings. The SMILES string of the molecule is Cc1csc(C(C)CNC(=O)N[C@@H]2c3ccccc3C[C@@H]2O)n1. The van der Waals surface area contributed by atoms with Crippen molar-refractivity contribution in [3.05, 3.63) is 51.5 Å². The van der Waals surface area contributed by atoms with Crippen molar-refractivity contribution in [2.75, 3.05) is 6.54 Å². The summed E-state index contributed by atoms with van der Waals surface area (Å²) in [5, 5.41) is 19.0. The molecule has 6 heteroatoms. The third-order valence-corrected chi connectivity index (χ3v) is 5.31. The zero-order valence-corrected chi connectivity index (χ0v) is 14.1. The monoisotopic (exact) mass is 331 g/mol. The molecule has 1 heterocycles. The Morgan fingerprint density at radius 1 is 1.48 bits per heavy atom. The van der Waals surface area contributed by atoms with E-state index in [4.69, 9.17) is 0 Å². The number of aliphatic hydroxyl groups is 1. The number of amides is 2. The van der Waals surface area contributed by atoms with Crippen molar-refractivity contribution in [3.8, 4) is 0 Å². The van der Waals surface area contributed by atoms with Gasteiger partial charge in [-0.3, -0.25) is 0 Å². The molecule has 1 aromatic heterocycles. The summed E-state index contributed by atoms with van der Waals surface area (Å²) in [4.78, 5) is 16.6. The fourth-order valence-electron chi connectivity index (χ4n) is 2.87. The summed E-state index contributed by atoms with van der Waals surface area (Å²) in [6.07, 6.45) is 0.00723. The Labute approximate surface area is 139 Å². The van der Waals surface area contributed by atoms with E-state index in [1.54, 1.807) is 11.3 Å². The predicted octanol–water partition coefficient (Wildman–Crippen LogP) is 2.51. The first-order valence-corrected chi connectivity index (χ1v) is 8.65. The molecule has 1 aliphatic rings. The van der Waals surface area contributed by atoms with Crippen LogP contribution in [0, 0.1) is 6.92 Å². The van der Waals surface area contributed by atoms with E-state index in [0.29, 0.717) is 13.0 Å². The zero-order chi connectivity index (χ0) is 16.4. The number of aliphatic hydroxyl groups excluding tert-OH is 1. The summed E-state index contributed by atoms with van der Waals surface area (Å²) < 4.78 is 0. The van der Waals surface area contributed by atoms with Crippen LogP contribution in [0.2, 0.25) is 0 Å². The second-order valence-electron chi connectivity index (χ2n) is 6.03. The molecule has 0 aliphatic heterocycles. The van der Waals surface area contributed by atoms with Gasteiger partial charge >= 0.3 is 6.03 Å². The molecule has 0 fully saturated rings. The third kappa shape index (κ3) is 3.54. The largest absolute Gasteiger partial charge is 0.390 e. The number of nitrogens with one attached hydrogen (secondary N) is 2. The van der Waals surface area contributed by atoms with Crippen LogP contribution >= 0.6 is 11.3 Å². The molecule has 3 atom stereocenters. The van der Waals surface area contributed by atoms with Gasteiger partial charge in [-0.1, -0.05) is 31.2 Å². The molecular formula is C17H21N3O2S. The van der Waals surface area contributed by atoms with E-state index < -0.39 is 6.10 Å². The lowest BCUT2D eigenvalue weighted by molar-refractivity contribution is 0.142. The lowest BCUT2D eigenvalue weighted by Crippen LogP contribution is -2.42. The number of carbonyl (C=O) groups excluding carboxylic acids is 1. The third-order valence-electron chi connectivity index (χ3n) is 4.12. The average molecular weight is 331 g/mol. The molecule has 1 aromatic carbocycles. The number of urea groups is 1. The van der Waals surface area contributed by atoms with Crippen LogP contribution in [-0.4, -0.2) is 28.8 Å². The van der Waals surface area contributed by atoms with Gasteiger partial charge in [-0.05, 0) is 18.1 Å². The maximum atomic E-state index is 12.1. The van der Waals surface area contributed by atoms with Gasteiger partial charge in [-0.15, -0.1) is 11.3 Å². The molecule has 122 valence electrons. The number of hydrogen-bond acceptors (Lipinski definition) is 4. The van der Waals surface area contributed by atoms with Crippen LogP contribution in [0.4, 0.5) is 4.79 Å². The Hall–Kier alpha value is -1.92. The highest BCUT2D eigenvalue weighted by Gasteiger charge is 2.31. The van der Waals surface area contributed by atoms with Crippen molar-refractivity contribution in [3.63, 3.8) is 0 Å². The summed E-state index contributed by atoms with van der Waals surface area (Å²) >= 11 is 1.61. The molecule has 1 aliphatic carbocycles. The smallest absolute Gasteiger partial charge is 0.315 e. The number of fused-ring (bicyclic) bond motifs is 1. The normalized spacial score (nSPS) is 20.8. The quantitative estimate of drug-likeness (QED) is 0.806. The number of aromatic nitrogens is 1. The van der Waals surface area contributed by atoms with E-state index in [1.807, 2.05) is 43.5 Å². The number of thiazole rings is 1.